The Morgan fingerprint density at radius 1 is 1.21 bits per heavy atom. The predicted molar refractivity (Wildman–Crippen MR) is 127 cm³/mol. The molecule has 0 unspecified atom stereocenters. The van der Waals surface area contributed by atoms with E-state index in [0.717, 1.165) is 19.3 Å². The van der Waals surface area contributed by atoms with Crippen molar-refractivity contribution in [3.05, 3.63) is 35.7 Å². The highest BCUT2D eigenvalue weighted by Crippen LogP contribution is 2.34. The molecule has 1 amide bonds. The first-order valence-corrected chi connectivity index (χ1v) is 11.1. The molecule has 3 aromatic heterocycles. The monoisotopic (exact) mass is 453 g/mol. The zero-order valence-corrected chi connectivity index (χ0v) is 18.7. The number of aromatic nitrogens is 6. The molecule has 1 aliphatic carbocycles. The Hall–Kier alpha value is -3.60. The maximum absolute atomic E-state index is 13.2. The molecule has 0 spiro atoms. The van der Waals surface area contributed by atoms with Crippen LogP contribution in [0.2, 0.25) is 0 Å². The summed E-state index contributed by atoms with van der Waals surface area (Å²) in [6, 6.07) is 5.11. The fourth-order valence-electron chi connectivity index (χ4n) is 4.74. The number of benzene rings is 1. The van der Waals surface area contributed by atoms with Gasteiger partial charge in [-0.15, -0.1) is 5.10 Å². The quantitative estimate of drug-likeness (QED) is 0.364. The number of carbonyl (C=O) groups is 1. The first-order chi connectivity index (χ1) is 16.3. The lowest BCUT2D eigenvalue weighted by Gasteiger charge is -2.34. The number of imidazole rings is 1. The highest BCUT2D eigenvalue weighted by molar-refractivity contribution is 6.39. The van der Waals surface area contributed by atoms with Crippen LogP contribution < -0.4 is 16.0 Å². The topological polar surface area (TPSA) is 123 Å². The van der Waals surface area contributed by atoms with Gasteiger partial charge in [0.15, 0.2) is 17.2 Å². The molecular weight excluding hydrogens is 432 g/mol. The maximum Gasteiger partial charge on any atom is 0.271 e. The van der Waals surface area contributed by atoms with Crippen molar-refractivity contribution in [2.75, 3.05) is 17.7 Å². The minimum Gasteiger partial charge on any atom is -0.385 e. The third kappa shape index (κ3) is 3.30. The molecule has 34 heavy (non-hydrogen) atoms. The van der Waals surface area contributed by atoms with Crippen molar-refractivity contribution in [2.24, 2.45) is 7.05 Å². The van der Waals surface area contributed by atoms with Crippen LogP contribution in [0.15, 0.2) is 24.4 Å². The van der Waals surface area contributed by atoms with Gasteiger partial charge in [0.25, 0.3) is 5.91 Å². The van der Waals surface area contributed by atoms with E-state index >= 15 is 0 Å². The SMILES string of the molecule is [B]C1([B])O[C@@H]2CCC[C@H]2NC(=O)c2cnc3c(NC)cc(nn23)Nc2cc1cc1nn(C)nc21. The average molecular weight is 453 g/mol. The van der Waals surface area contributed by atoms with Crippen LogP contribution in [0.3, 0.4) is 0 Å². The van der Waals surface area contributed by atoms with Crippen molar-refractivity contribution < 1.29 is 9.53 Å². The number of hydrogen-bond donors (Lipinski definition) is 3. The van der Waals surface area contributed by atoms with Crippen molar-refractivity contribution in [1.29, 1.82) is 0 Å². The predicted octanol–water partition coefficient (Wildman–Crippen LogP) is 0.925. The van der Waals surface area contributed by atoms with E-state index in [1.54, 1.807) is 32.3 Å². The van der Waals surface area contributed by atoms with Gasteiger partial charge in [-0.2, -0.15) is 15.0 Å². The van der Waals surface area contributed by atoms with Crippen LogP contribution in [-0.4, -0.2) is 70.4 Å². The summed E-state index contributed by atoms with van der Waals surface area (Å²) in [6.45, 7) is 0. The largest absolute Gasteiger partial charge is 0.385 e. The smallest absolute Gasteiger partial charge is 0.271 e. The molecule has 168 valence electrons. The minimum atomic E-state index is -1.61. The third-order valence-electron chi connectivity index (χ3n) is 6.39. The van der Waals surface area contributed by atoms with Crippen molar-refractivity contribution in [3.8, 4) is 0 Å². The second-order valence-corrected chi connectivity index (χ2v) is 8.74. The zero-order chi connectivity index (χ0) is 23.6. The van der Waals surface area contributed by atoms with E-state index in [-0.39, 0.29) is 18.1 Å². The van der Waals surface area contributed by atoms with Gasteiger partial charge in [-0.1, -0.05) is 0 Å². The van der Waals surface area contributed by atoms with Crippen molar-refractivity contribution in [2.45, 2.75) is 36.8 Å². The molecule has 2 atom stereocenters. The number of carbonyl (C=O) groups excluding carboxylic acids is 1. The van der Waals surface area contributed by atoms with E-state index in [1.807, 2.05) is 0 Å². The van der Waals surface area contributed by atoms with Crippen LogP contribution in [0.4, 0.5) is 17.2 Å². The van der Waals surface area contributed by atoms with Gasteiger partial charge in [-0.25, -0.2) is 9.50 Å². The fourth-order valence-corrected chi connectivity index (χ4v) is 4.74. The van der Waals surface area contributed by atoms with Crippen molar-refractivity contribution in [1.82, 2.24) is 34.9 Å². The van der Waals surface area contributed by atoms with Gasteiger partial charge in [-0.3, -0.25) is 4.79 Å². The van der Waals surface area contributed by atoms with E-state index in [4.69, 9.17) is 20.4 Å². The Kier molecular flexibility index (Phi) is 4.60. The molecule has 4 heterocycles. The van der Waals surface area contributed by atoms with Gasteiger partial charge in [-0.05, 0) is 37.0 Å². The number of hydrogen-bond acceptors (Lipinski definition) is 8. The molecule has 3 N–H and O–H groups in total. The summed E-state index contributed by atoms with van der Waals surface area (Å²) in [5, 5.41) is 21.4. The van der Waals surface area contributed by atoms with Crippen LogP contribution in [0, 0.1) is 0 Å². The maximum atomic E-state index is 13.2. The number of rotatable bonds is 1. The van der Waals surface area contributed by atoms with Gasteiger partial charge < -0.3 is 20.7 Å². The zero-order valence-electron chi connectivity index (χ0n) is 18.7. The standard InChI is InChI=1S/C21H21B2N9O2/c1-24-14-8-17-26-12-6-10(7-13-18(12)30-31(2)28-13)21(22,23)34-16-5-3-4-11(16)27-20(33)15-9-25-19(14)32(15)29-17/h6-9,11,16,24H,3-5H2,1-2H3,(H,26,29)(H,27,33)/t11-,16-/m1/s1. The van der Waals surface area contributed by atoms with Crippen LogP contribution in [0.1, 0.15) is 35.3 Å². The number of anilines is 3. The molecule has 1 aromatic carbocycles. The van der Waals surface area contributed by atoms with E-state index < -0.39 is 5.40 Å². The average Bonchev–Trinajstić information content (AvgIpc) is 3.50. The van der Waals surface area contributed by atoms with E-state index in [9.17, 15) is 4.79 Å². The Balaban J connectivity index is 1.60. The second kappa shape index (κ2) is 7.45. The lowest BCUT2D eigenvalue weighted by molar-refractivity contribution is -0.00593. The van der Waals surface area contributed by atoms with Crippen LogP contribution in [-0.2, 0) is 17.2 Å². The molecule has 11 nitrogen and oxygen atoms in total. The first kappa shape index (κ1) is 21.0. The van der Waals surface area contributed by atoms with Crippen molar-refractivity contribution >= 4 is 55.5 Å². The van der Waals surface area contributed by atoms with Gasteiger partial charge in [0.2, 0.25) is 0 Å². The lowest BCUT2D eigenvalue weighted by Crippen LogP contribution is -2.46. The number of nitrogens with one attached hydrogen (secondary N) is 3. The lowest BCUT2D eigenvalue weighted by atomic mass is 9.61. The first-order valence-electron chi connectivity index (χ1n) is 11.1. The number of amides is 1. The number of ether oxygens (including phenoxy) is 1. The van der Waals surface area contributed by atoms with Crippen LogP contribution in [0.25, 0.3) is 16.7 Å². The molecule has 2 aliphatic rings. The Morgan fingerprint density at radius 3 is 2.88 bits per heavy atom. The Morgan fingerprint density at radius 2 is 2.06 bits per heavy atom. The van der Waals surface area contributed by atoms with Crippen LogP contribution >= 0.6 is 0 Å². The summed E-state index contributed by atoms with van der Waals surface area (Å²) in [4.78, 5) is 19.1. The van der Waals surface area contributed by atoms with Gasteiger partial charge in [0, 0.05) is 25.6 Å². The molecule has 4 bridgehead atoms. The molecule has 1 aliphatic heterocycles. The fraction of sp³-hybridized carbons (Fsp3) is 0.381. The third-order valence-corrected chi connectivity index (χ3v) is 6.39. The van der Waals surface area contributed by atoms with E-state index in [2.05, 4.69) is 36.2 Å². The Labute approximate surface area is 197 Å². The van der Waals surface area contributed by atoms with Crippen LogP contribution in [0.5, 0.6) is 0 Å². The molecule has 1 saturated carbocycles. The molecular formula is C21H21B2N9O2. The summed E-state index contributed by atoms with van der Waals surface area (Å²) >= 11 is 0. The Bertz CT molecular complexity index is 1450. The second-order valence-electron chi connectivity index (χ2n) is 8.74. The molecule has 0 saturated heterocycles. The minimum absolute atomic E-state index is 0.253. The summed E-state index contributed by atoms with van der Waals surface area (Å²) in [7, 11) is 16.5. The molecule has 4 aromatic rings. The molecule has 13 heteroatoms. The highest BCUT2D eigenvalue weighted by Gasteiger charge is 2.36. The summed E-state index contributed by atoms with van der Waals surface area (Å²) in [6.07, 6.45) is 3.50. The summed E-state index contributed by atoms with van der Waals surface area (Å²) in [5.74, 6) is 0.163. The van der Waals surface area contributed by atoms with Gasteiger partial charge >= 0.3 is 0 Å². The van der Waals surface area contributed by atoms with E-state index in [1.165, 1.54) is 15.5 Å². The summed E-state index contributed by atoms with van der Waals surface area (Å²) < 4.78 is 7.72. The van der Waals surface area contributed by atoms with Crippen molar-refractivity contribution in [3.63, 3.8) is 0 Å². The molecule has 1 fully saturated rings. The summed E-state index contributed by atoms with van der Waals surface area (Å²) in [5.41, 5.74) is 3.88. The number of aryl methyl sites for hydroxylation is 1. The van der Waals surface area contributed by atoms with Gasteiger partial charge in [0.1, 0.15) is 26.7 Å². The molecule has 6 rings (SSSR count). The molecule has 4 radical (unpaired) electrons. The normalized spacial score (nSPS) is 21.8. The van der Waals surface area contributed by atoms with Gasteiger partial charge in [0.05, 0.1) is 29.7 Å². The highest BCUT2D eigenvalue weighted by atomic mass is 16.5. The number of nitrogens with zero attached hydrogens (tertiary/aromatic N) is 6. The number of fused-ring (bicyclic) bond motifs is 6. The van der Waals surface area contributed by atoms with E-state index in [0.29, 0.717) is 45.1 Å².